The van der Waals surface area contributed by atoms with E-state index in [0.717, 1.165) is 19.3 Å². The van der Waals surface area contributed by atoms with E-state index in [9.17, 15) is 4.79 Å². The van der Waals surface area contributed by atoms with Crippen molar-refractivity contribution in [3.05, 3.63) is 53.3 Å². The van der Waals surface area contributed by atoms with Crippen LogP contribution in [0.2, 0.25) is 0 Å². The van der Waals surface area contributed by atoms with Crippen molar-refractivity contribution in [2.75, 3.05) is 5.73 Å². The van der Waals surface area contributed by atoms with Crippen LogP contribution in [0, 0.1) is 0 Å². The van der Waals surface area contributed by atoms with Gasteiger partial charge >= 0.3 is 0 Å². The van der Waals surface area contributed by atoms with Gasteiger partial charge < -0.3 is 15.6 Å². The molecule has 21 heavy (non-hydrogen) atoms. The molecule has 0 aliphatic heterocycles. The van der Waals surface area contributed by atoms with E-state index in [0.29, 0.717) is 24.0 Å². The molecular weight excluding hydrogens is 262 g/mol. The zero-order chi connectivity index (χ0) is 14.8. The van der Waals surface area contributed by atoms with Crippen LogP contribution in [0.4, 0.5) is 5.69 Å². The zero-order valence-electron chi connectivity index (χ0n) is 12.3. The highest BCUT2D eigenvalue weighted by Crippen LogP contribution is 2.30. The molecule has 1 fully saturated rings. The maximum absolute atomic E-state index is 12.6. The number of carbonyl (C=O) groups is 1. The molecule has 3 N–H and O–H groups in total. The van der Waals surface area contributed by atoms with Gasteiger partial charge in [-0.05, 0) is 36.5 Å². The lowest BCUT2D eigenvalue weighted by Crippen LogP contribution is -2.32. The van der Waals surface area contributed by atoms with E-state index in [1.165, 1.54) is 11.1 Å². The molecule has 0 unspecified atom stereocenters. The van der Waals surface area contributed by atoms with Gasteiger partial charge in [-0.15, -0.1) is 0 Å². The third-order valence-corrected chi connectivity index (χ3v) is 3.97. The van der Waals surface area contributed by atoms with Crippen molar-refractivity contribution in [2.24, 2.45) is 0 Å². The number of nitrogen functional groups attached to an aromatic ring is 1. The average molecular weight is 283 g/mol. The largest absolute Gasteiger partial charge is 0.397 e. The van der Waals surface area contributed by atoms with Gasteiger partial charge in [0.15, 0.2) is 0 Å². The van der Waals surface area contributed by atoms with Crippen LogP contribution in [-0.4, -0.2) is 21.8 Å². The molecule has 1 saturated carbocycles. The maximum Gasteiger partial charge on any atom is 0.270 e. The average Bonchev–Trinajstić information content (AvgIpc) is 3.26. The number of H-pyrrole nitrogens is 1. The molecule has 1 aromatic heterocycles. The fraction of sp³-hybridized carbons (Fsp3) is 0.353. The zero-order valence-corrected chi connectivity index (χ0v) is 12.3. The number of rotatable bonds is 5. The van der Waals surface area contributed by atoms with E-state index < -0.39 is 0 Å². The summed E-state index contributed by atoms with van der Waals surface area (Å²) in [7, 11) is 0. The first-order valence-corrected chi connectivity index (χ1v) is 7.50. The Balaban J connectivity index is 1.76. The molecule has 2 aromatic rings. The lowest BCUT2D eigenvalue weighted by atomic mass is 10.1. The van der Waals surface area contributed by atoms with Crippen molar-refractivity contribution in [1.29, 1.82) is 0 Å². The van der Waals surface area contributed by atoms with Gasteiger partial charge in [-0.25, -0.2) is 0 Å². The summed E-state index contributed by atoms with van der Waals surface area (Å²) in [5.41, 5.74) is 9.36. The lowest BCUT2D eigenvalue weighted by Gasteiger charge is -2.22. The molecule has 1 aliphatic rings. The molecule has 4 nitrogen and oxygen atoms in total. The Morgan fingerprint density at radius 2 is 1.95 bits per heavy atom. The van der Waals surface area contributed by atoms with Crippen molar-refractivity contribution < 1.29 is 4.79 Å². The number of benzene rings is 1. The second-order valence-corrected chi connectivity index (χ2v) is 5.68. The van der Waals surface area contributed by atoms with Crippen LogP contribution in [0.5, 0.6) is 0 Å². The van der Waals surface area contributed by atoms with Gasteiger partial charge in [-0.1, -0.05) is 31.2 Å². The van der Waals surface area contributed by atoms with Gasteiger partial charge in [0.25, 0.3) is 5.91 Å². The number of hydrogen-bond acceptors (Lipinski definition) is 2. The Bertz CT molecular complexity index is 626. The molecule has 0 spiro atoms. The third kappa shape index (κ3) is 3.10. The first kappa shape index (κ1) is 13.7. The maximum atomic E-state index is 12.6. The molecule has 0 radical (unpaired) electrons. The Morgan fingerprint density at radius 3 is 2.48 bits per heavy atom. The van der Waals surface area contributed by atoms with E-state index in [-0.39, 0.29) is 5.91 Å². The molecule has 3 rings (SSSR count). The van der Waals surface area contributed by atoms with E-state index in [1.807, 2.05) is 4.90 Å². The number of aromatic amines is 1. The highest BCUT2D eigenvalue weighted by atomic mass is 16.2. The summed E-state index contributed by atoms with van der Waals surface area (Å²) in [6.45, 7) is 2.80. The first-order valence-electron chi connectivity index (χ1n) is 7.50. The van der Waals surface area contributed by atoms with Crippen molar-refractivity contribution in [2.45, 2.75) is 38.8 Å². The number of nitrogens with two attached hydrogens (primary N) is 1. The number of aromatic nitrogens is 1. The molecule has 0 atom stereocenters. The van der Waals surface area contributed by atoms with E-state index >= 15 is 0 Å². The standard InChI is InChI=1S/C17H21N3O/c1-2-12-3-5-13(6-4-12)11-20(15-7-8-15)17(21)16-9-14(18)10-19-16/h3-6,9-10,15,19H,2,7-8,11,18H2,1H3. The molecule has 0 bridgehead atoms. The van der Waals surface area contributed by atoms with Gasteiger partial charge in [0.05, 0.1) is 0 Å². The highest BCUT2D eigenvalue weighted by Gasteiger charge is 2.33. The summed E-state index contributed by atoms with van der Waals surface area (Å²) in [4.78, 5) is 17.5. The summed E-state index contributed by atoms with van der Waals surface area (Å²) in [5, 5.41) is 0. The summed E-state index contributed by atoms with van der Waals surface area (Å²) in [5.74, 6) is 0.0359. The molecule has 0 saturated heterocycles. The van der Waals surface area contributed by atoms with Gasteiger partial charge in [-0.2, -0.15) is 0 Å². The number of hydrogen-bond donors (Lipinski definition) is 2. The monoisotopic (exact) mass is 283 g/mol. The van der Waals surface area contributed by atoms with Crippen LogP contribution < -0.4 is 5.73 Å². The SMILES string of the molecule is CCc1ccc(CN(C(=O)c2cc(N)c[nH]2)C2CC2)cc1. The number of nitrogens with zero attached hydrogens (tertiary/aromatic N) is 1. The smallest absolute Gasteiger partial charge is 0.270 e. The Labute approximate surface area is 125 Å². The van der Waals surface area contributed by atoms with Crippen LogP contribution in [0.15, 0.2) is 36.5 Å². The predicted molar refractivity (Wildman–Crippen MR) is 83.9 cm³/mol. The van der Waals surface area contributed by atoms with E-state index in [1.54, 1.807) is 12.3 Å². The molecule has 1 aliphatic carbocycles. The summed E-state index contributed by atoms with van der Waals surface area (Å²) in [6.07, 6.45) is 4.88. The Morgan fingerprint density at radius 1 is 1.29 bits per heavy atom. The van der Waals surface area contributed by atoms with Gasteiger partial charge in [0, 0.05) is 24.5 Å². The number of amides is 1. The molecule has 1 heterocycles. The second kappa shape index (κ2) is 5.64. The molecular formula is C17H21N3O. The molecule has 110 valence electrons. The van der Waals surface area contributed by atoms with Crippen LogP contribution in [-0.2, 0) is 13.0 Å². The van der Waals surface area contributed by atoms with E-state index in [4.69, 9.17) is 5.73 Å². The van der Waals surface area contributed by atoms with Crippen LogP contribution >= 0.6 is 0 Å². The topological polar surface area (TPSA) is 62.1 Å². The fourth-order valence-electron chi connectivity index (χ4n) is 2.52. The third-order valence-electron chi connectivity index (χ3n) is 3.97. The van der Waals surface area contributed by atoms with Crippen LogP contribution in [0.3, 0.4) is 0 Å². The van der Waals surface area contributed by atoms with Crippen LogP contribution in [0.25, 0.3) is 0 Å². The number of anilines is 1. The fourth-order valence-corrected chi connectivity index (χ4v) is 2.52. The lowest BCUT2D eigenvalue weighted by molar-refractivity contribution is 0.0724. The Hall–Kier alpha value is -2.23. The van der Waals surface area contributed by atoms with Crippen molar-refractivity contribution in [3.8, 4) is 0 Å². The summed E-state index contributed by atoms with van der Waals surface area (Å²) in [6, 6.07) is 10.6. The Kier molecular flexibility index (Phi) is 3.69. The van der Waals surface area contributed by atoms with Crippen LogP contribution in [0.1, 0.15) is 41.4 Å². The normalized spacial score (nSPS) is 14.1. The quantitative estimate of drug-likeness (QED) is 0.886. The van der Waals surface area contributed by atoms with Crippen molar-refractivity contribution in [1.82, 2.24) is 9.88 Å². The predicted octanol–water partition coefficient (Wildman–Crippen LogP) is 2.96. The second-order valence-electron chi connectivity index (χ2n) is 5.68. The highest BCUT2D eigenvalue weighted by molar-refractivity contribution is 5.93. The molecule has 1 aromatic carbocycles. The minimum Gasteiger partial charge on any atom is -0.397 e. The van der Waals surface area contributed by atoms with E-state index in [2.05, 4.69) is 36.2 Å². The van der Waals surface area contributed by atoms with Gasteiger partial charge in [0.2, 0.25) is 0 Å². The number of aryl methyl sites for hydroxylation is 1. The minimum absolute atomic E-state index is 0.0359. The van der Waals surface area contributed by atoms with Crippen molar-refractivity contribution in [3.63, 3.8) is 0 Å². The number of nitrogens with one attached hydrogen (secondary N) is 1. The van der Waals surface area contributed by atoms with Crippen molar-refractivity contribution >= 4 is 11.6 Å². The van der Waals surface area contributed by atoms with Gasteiger partial charge in [-0.3, -0.25) is 4.79 Å². The number of carbonyl (C=O) groups excluding carboxylic acids is 1. The summed E-state index contributed by atoms with van der Waals surface area (Å²) >= 11 is 0. The first-order chi connectivity index (χ1) is 10.2. The molecule has 4 heteroatoms. The molecule has 1 amide bonds. The minimum atomic E-state index is 0.0359. The summed E-state index contributed by atoms with van der Waals surface area (Å²) < 4.78 is 0. The van der Waals surface area contributed by atoms with Gasteiger partial charge in [0.1, 0.15) is 5.69 Å².